The van der Waals surface area contributed by atoms with E-state index in [1.54, 1.807) is 0 Å². The Morgan fingerprint density at radius 3 is 1.51 bits per heavy atom. The van der Waals surface area contributed by atoms with Gasteiger partial charge in [0.15, 0.2) is 0 Å². The fourth-order valence-electron chi connectivity index (χ4n) is 4.59. The van der Waals surface area contributed by atoms with Crippen LogP contribution in [0, 0.1) is 13.8 Å². The van der Waals surface area contributed by atoms with E-state index >= 15 is 0 Å². The van der Waals surface area contributed by atoms with Crippen molar-refractivity contribution in [3.8, 4) is 0 Å². The highest BCUT2D eigenvalue weighted by Gasteiger charge is 2.17. The second-order valence-electron chi connectivity index (χ2n) is 9.21. The third kappa shape index (κ3) is 5.36. The lowest BCUT2D eigenvalue weighted by Gasteiger charge is -2.28. The number of hydrogen-bond donors (Lipinski definition) is 0. The van der Waals surface area contributed by atoms with Gasteiger partial charge >= 0.3 is 0 Å². The predicted octanol–water partition coefficient (Wildman–Crippen LogP) is 9.04. The minimum absolute atomic E-state index is 0.234. The summed E-state index contributed by atoms with van der Waals surface area (Å²) in [5.41, 5.74) is 10.0. The molecule has 0 aromatic heterocycles. The maximum absolute atomic E-state index is 2.41. The number of nitrogens with zero attached hydrogens (tertiary/aromatic N) is 1. The molecule has 5 rings (SSSR count). The summed E-state index contributed by atoms with van der Waals surface area (Å²) in [4.78, 5) is 2.35. The molecule has 0 heterocycles. The van der Waals surface area contributed by atoms with Crippen LogP contribution in [0.2, 0.25) is 0 Å². The average molecular weight is 454 g/mol. The van der Waals surface area contributed by atoms with E-state index < -0.39 is 0 Å². The van der Waals surface area contributed by atoms with E-state index in [0.29, 0.717) is 0 Å². The summed E-state index contributed by atoms with van der Waals surface area (Å²) in [6.07, 6.45) is 10.2. The van der Waals surface area contributed by atoms with Gasteiger partial charge in [0.25, 0.3) is 0 Å². The third-order valence-electron chi connectivity index (χ3n) is 6.56. The van der Waals surface area contributed by atoms with Gasteiger partial charge in [-0.3, -0.25) is 0 Å². The van der Waals surface area contributed by atoms with Crippen LogP contribution in [0.15, 0.2) is 145 Å². The van der Waals surface area contributed by atoms with Crippen molar-refractivity contribution in [3.05, 3.63) is 167 Å². The predicted molar refractivity (Wildman–Crippen MR) is 149 cm³/mol. The first-order chi connectivity index (χ1) is 17.2. The highest BCUT2D eigenvalue weighted by atomic mass is 15.1. The summed E-state index contributed by atoms with van der Waals surface area (Å²) in [6, 6.07) is 39.1. The Kier molecular flexibility index (Phi) is 6.77. The van der Waals surface area contributed by atoms with Crippen molar-refractivity contribution >= 4 is 11.4 Å². The van der Waals surface area contributed by atoms with Gasteiger partial charge in [0.1, 0.15) is 0 Å². The minimum atomic E-state index is 0.234. The lowest BCUT2D eigenvalue weighted by Crippen LogP contribution is -2.16. The van der Waals surface area contributed by atoms with E-state index in [0.717, 1.165) is 6.42 Å². The number of anilines is 2. The quantitative estimate of drug-likeness (QED) is 0.281. The molecule has 1 aliphatic rings. The number of rotatable bonds is 6. The molecule has 0 aliphatic heterocycles. The molecule has 35 heavy (non-hydrogen) atoms. The molecule has 0 N–H and O–H groups in total. The lowest BCUT2D eigenvalue weighted by molar-refractivity contribution is 0.999. The van der Waals surface area contributed by atoms with Crippen LogP contribution in [0.4, 0.5) is 11.4 Å². The van der Waals surface area contributed by atoms with Gasteiger partial charge in [-0.1, -0.05) is 114 Å². The molecule has 1 heteroatoms. The van der Waals surface area contributed by atoms with Crippen LogP contribution in [0.25, 0.3) is 0 Å². The Labute approximate surface area is 209 Å². The molecular weight excluding hydrogens is 422 g/mol. The van der Waals surface area contributed by atoms with E-state index in [-0.39, 0.29) is 5.92 Å². The Morgan fingerprint density at radius 1 is 0.600 bits per heavy atom. The van der Waals surface area contributed by atoms with Gasteiger partial charge < -0.3 is 4.90 Å². The zero-order chi connectivity index (χ0) is 24.0. The van der Waals surface area contributed by atoms with Crippen LogP contribution in [-0.2, 0) is 0 Å². The topological polar surface area (TPSA) is 3.24 Å². The summed E-state index contributed by atoms with van der Waals surface area (Å²) in [5.74, 6) is 0.234. The van der Waals surface area contributed by atoms with Gasteiger partial charge in [-0.05, 0) is 67.3 Å². The smallest absolute Gasteiger partial charge is 0.0461 e. The number of aryl methyl sites for hydroxylation is 2. The summed E-state index contributed by atoms with van der Waals surface area (Å²) in [5, 5.41) is 0. The fourth-order valence-corrected chi connectivity index (χ4v) is 4.59. The van der Waals surface area contributed by atoms with Crippen molar-refractivity contribution in [1.29, 1.82) is 0 Å². The molecule has 172 valence electrons. The molecule has 0 saturated heterocycles. The van der Waals surface area contributed by atoms with Crippen LogP contribution >= 0.6 is 0 Å². The van der Waals surface area contributed by atoms with Crippen molar-refractivity contribution < 1.29 is 0 Å². The minimum Gasteiger partial charge on any atom is -0.311 e. The SMILES string of the molecule is Cc1ccc(N(C2=CCC(=CC(c3ccccc3)c3ccccc3)C=C2)c2ccc(C)cc2)cc1. The Balaban J connectivity index is 1.47. The van der Waals surface area contributed by atoms with E-state index in [1.165, 1.54) is 44.9 Å². The molecule has 1 aliphatic carbocycles. The second kappa shape index (κ2) is 10.4. The largest absolute Gasteiger partial charge is 0.311 e. The van der Waals surface area contributed by atoms with Crippen LogP contribution in [0.1, 0.15) is 34.6 Å². The van der Waals surface area contributed by atoms with Crippen molar-refractivity contribution in [3.63, 3.8) is 0 Å². The van der Waals surface area contributed by atoms with Gasteiger partial charge in [0.05, 0.1) is 0 Å². The van der Waals surface area contributed by atoms with E-state index in [1.807, 2.05) is 0 Å². The van der Waals surface area contributed by atoms with E-state index in [4.69, 9.17) is 0 Å². The van der Waals surface area contributed by atoms with Crippen LogP contribution in [-0.4, -0.2) is 0 Å². The second-order valence-corrected chi connectivity index (χ2v) is 9.21. The molecule has 0 atom stereocenters. The highest BCUT2D eigenvalue weighted by molar-refractivity contribution is 5.71. The molecule has 0 radical (unpaired) electrons. The molecule has 0 bridgehead atoms. The summed E-state index contributed by atoms with van der Waals surface area (Å²) < 4.78 is 0. The molecule has 4 aromatic carbocycles. The van der Waals surface area contributed by atoms with E-state index in [9.17, 15) is 0 Å². The molecule has 0 fully saturated rings. The first-order valence-electron chi connectivity index (χ1n) is 12.3. The summed E-state index contributed by atoms with van der Waals surface area (Å²) >= 11 is 0. The van der Waals surface area contributed by atoms with Crippen molar-refractivity contribution in [2.75, 3.05) is 4.90 Å². The Bertz CT molecular complexity index is 1260. The van der Waals surface area contributed by atoms with Crippen LogP contribution in [0.3, 0.4) is 0 Å². The lowest BCUT2D eigenvalue weighted by atomic mass is 9.88. The van der Waals surface area contributed by atoms with Gasteiger partial charge in [0.2, 0.25) is 0 Å². The zero-order valence-electron chi connectivity index (χ0n) is 20.4. The number of allylic oxidation sites excluding steroid dienone is 5. The normalized spacial score (nSPS) is 14.3. The van der Waals surface area contributed by atoms with Crippen molar-refractivity contribution in [2.24, 2.45) is 0 Å². The third-order valence-corrected chi connectivity index (χ3v) is 6.56. The molecular formula is C34H31N. The number of benzene rings is 4. The Morgan fingerprint density at radius 2 is 1.09 bits per heavy atom. The van der Waals surface area contributed by atoms with Gasteiger partial charge in [-0.25, -0.2) is 0 Å². The molecule has 4 aromatic rings. The van der Waals surface area contributed by atoms with Gasteiger partial charge in [-0.2, -0.15) is 0 Å². The monoisotopic (exact) mass is 453 g/mol. The molecule has 1 nitrogen and oxygen atoms in total. The molecule has 0 saturated carbocycles. The summed E-state index contributed by atoms with van der Waals surface area (Å²) in [6.45, 7) is 4.26. The maximum Gasteiger partial charge on any atom is 0.0461 e. The van der Waals surface area contributed by atoms with Gasteiger partial charge in [0, 0.05) is 23.0 Å². The first-order valence-corrected chi connectivity index (χ1v) is 12.3. The van der Waals surface area contributed by atoms with E-state index in [2.05, 4.69) is 152 Å². The van der Waals surface area contributed by atoms with Gasteiger partial charge in [-0.15, -0.1) is 0 Å². The number of hydrogen-bond acceptors (Lipinski definition) is 1. The zero-order valence-corrected chi connectivity index (χ0v) is 20.4. The average Bonchev–Trinajstić information content (AvgIpc) is 2.91. The van der Waals surface area contributed by atoms with Crippen molar-refractivity contribution in [1.82, 2.24) is 0 Å². The first kappa shape index (κ1) is 22.7. The molecule has 0 amide bonds. The Hall–Kier alpha value is -4.10. The van der Waals surface area contributed by atoms with Crippen LogP contribution in [0.5, 0.6) is 0 Å². The maximum atomic E-state index is 2.41. The fraction of sp³-hybridized carbons (Fsp3) is 0.118. The molecule has 0 unspecified atom stereocenters. The molecule has 0 spiro atoms. The van der Waals surface area contributed by atoms with Crippen molar-refractivity contribution in [2.45, 2.75) is 26.2 Å². The van der Waals surface area contributed by atoms with Crippen LogP contribution < -0.4 is 4.90 Å². The standard InChI is InChI=1S/C34H31N/c1-26-13-19-31(20-14-26)35(32-21-15-27(2)16-22-32)33-23-17-28(18-24-33)25-34(29-9-5-3-6-10-29)30-11-7-4-8-12-30/h3-17,19-25,34H,18H2,1-2H3. The summed E-state index contributed by atoms with van der Waals surface area (Å²) in [7, 11) is 0. The highest BCUT2D eigenvalue weighted by Crippen LogP contribution is 2.34.